The van der Waals surface area contributed by atoms with E-state index < -0.39 is 0 Å². The molecule has 2 aromatic rings. The Morgan fingerprint density at radius 3 is 2.77 bits per heavy atom. The van der Waals surface area contributed by atoms with E-state index in [9.17, 15) is 4.79 Å². The summed E-state index contributed by atoms with van der Waals surface area (Å²) in [5, 5.41) is 2.78. The first-order valence-electron chi connectivity index (χ1n) is 7.15. The Labute approximate surface area is 139 Å². The number of nitrogens with one attached hydrogen (secondary N) is 1. The van der Waals surface area contributed by atoms with Gasteiger partial charge in [-0.25, -0.2) is 0 Å². The molecule has 0 bridgehead atoms. The van der Waals surface area contributed by atoms with Gasteiger partial charge in [0.15, 0.2) is 6.61 Å². The summed E-state index contributed by atoms with van der Waals surface area (Å²) in [6.45, 7) is 4.64. The second kappa shape index (κ2) is 7.94. The number of aromatic nitrogens is 1. The number of benzene rings is 1. The van der Waals surface area contributed by atoms with Gasteiger partial charge in [0, 0.05) is 6.20 Å². The fraction of sp³-hybridized carbons (Fsp3) is 0.294. The predicted octanol–water partition coefficient (Wildman–Crippen LogP) is 3.66. The molecule has 0 saturated carbocycles. The van der Waals surface area contributed by atoms with Gasteiger partial charge in [-0.3, -0.25) is 9.78 Å². The van der Waals surface area contributed by atoms with Gasteiger partial charge in [0.25, 0.3) is 5.91 Å². The first-order chi connectivity index (χ1) is 10.6. The van der Waals surface area contributed by atoms with Crippen LogP contribution in [0.4, 0.5) is 0 Å². The van der Waals surface area contributed by atoms with Gasteiger partial charge in [-0.15, -0.1) is 0 Å². The minimum atomic E-state index is -0.175. The lowest BCUT2D eigenvalue weighted by atomic mass is 10.0. The summed E-state index contributed by atoms with van der Waals surface area (Å²) in [5.41, 5.74) is 2.04. The van der Waals surface area contributed by atoms with Crippen molar-refractivity contribution >= 4 is 21.8 Å². The molecule has 0 saturated heterocycles. The highest BCUT2D eigenvalue weighted by Gasteiger charge is 2.08. The van der Waals surface area contributed by atoms with Gasteiger partial charge >= 0.3 is 0 Å². The minimum Gasteiger partial charge on any atom is -0.483 e. The van der Waals surface area contributed by atoms with E-state index in [-0.39, 0.29) is 12.5 Å². The number of nitrogens with zero attached hydrogens (tertiary/aromatic N) is 1. The van der Waals surface area contributed by atoms with Crippen LogP contribution >= 0.6 is 15.9 Å². The number of ether oxygens (including phenoxy) is 1. The van der Waals surface area contributed by atoms with E-state index in [4.69, 9.17) is 4.74 Å². The Hall–Kier alpha value is -1.88. The number of halogens is 1. The number of hydrogen-bond acceptors (Lipinski definition) is 3. The van der Waals surface area contributed by atoms with Crippen LogP contribution in [0, 0.1) is 0 Å². The van der Waals surface area contributed by atoms with Crippen molar-refractivity contribution in [2.75, 3.05) is 6.61 Å². The Kier molecular flexibility index (Phi) is 5.95. The number of hydrogen-bond donors (Lipinski definition) is 1. The Morgan fingerprint density at radius 1 is 1.32 bits per heavy atom. The average molecular weight is 363 g/mol. The normalized spacial score (nSPS) is 10.5. The number of amides is 1. The molecule has 0 atom stereocenters. The van der Waals surface area contributed by atoms with Crippen LogP contribution in [-0.4, -0.2) is 17.5 Å². The number of carbonyl (C=O) groups is 1. The SMILES string of the molecule is CC(C)c1ccc(OCC(=O)NCc2ccccn2)c(Br)c1. The molecule has 0 spiro atoms. The van der Waals surface area contributed by atoms with Crippen molar-refractivity contribution in [2.45, 2.75) is 26.3 Å². The third kappa shape index (κ3) is 4.84. The molecule has 1 heterocycles. The van der Waals surface area contributed by atoms with Crippen molar-refractivity contribution < 1.29 is 9.53 Å². The maximum absolute atomic E-state index is 11.8. The van der Waals surface area contributed by atoms with Crippen molar-refractivity contribution in [2.24, 2.45) is 0 Å². The molecule has 1 N–H and O–H groups in total. The first-order valence-corrected chi connectivity index (χ1v) is 7.94. The van der Waals surface area contributed by atoms with Crippen LogP contribution in [0.15, 0.2) is 47.1 Å². The monoisotopic (exact) mass is 362 g/mol. The quantitative estimate of drug-likeness (QED) is 0.852. The summed E-state index contributed by atoms with van der Waals surface area (Å²) < 4.78 is 6.40. The molecule has 0 unspecified atom stereocenters. The van der Waals surface area contributed by atoms with Gasteiger partial charge in [0.2, 0.25) is 0 Å². The molecule has 2 rings (SSSR count). The van der Waals surface area contributed by atoms with Gasteiger partial charge < -0.3 is 10.1 Å². The first kappa shape index (κ1) is 16.5. The minimum absolute atomic E-state index is 0.0214. The fourth-order valence-electron chi connectivity index (χ4n) is 1.88. The van der Waals surface area contributed by atoms with Crippen LogP contribution in [0.2, 0.25) is 0 Å². The third-order valence-corrected chi connectivity index (χ3v) is 3.79. The Morgan fingerprint density at radius 2 is 2.14 bits per heavy atom. The molecule has 0 fully saturated rings. The Balaban J connectivity index is 1.83. The topological polar surface area (TPSA) is 51.2 Å². The zero-order valence-electron chi connectivity index (χ0n) is 12.7. The summed E-state index contributed by atoms with van der Waals surface area (Å²) in [6.07, 6.45) is 1.70. The highest BCUT2D eigenvalue weighted by atomic mass is 79.9. The highest BCUT2D eigenvalue weighted by Crippen LogP contribution is 2.28. The number of carbonyl (C=O) groups excluding carboxylic acids is 1. The van der Waals surface area contributed by atoms with Crippen LogP contribution in [0.5, 0.6) is 5.75 Å². The van der Waals surface area contributed by atoms with Crippen LogP contribution in [0.1, 0.15) is 31.0 Å². The highest BCUT2D eigenvalue weighted by molar-refractivity contribution is 9.10. The van der Waals surface area contributed by atoms with Crippen molar-refractivity contribution in [3.8, 4) is 5.75 Å². The average Bonchev–Trinajstić information content (AvgIpc) is 2.52. The molecule has 1 amide bonds. The van der Waals surface area contributed by atoms with Crippen molar-refractivity contribution in [1.29, 1.82) is 0 Å². The van der Waals surface area contributed by atoms with Crippen LogP contribution in [-0.2, 0) is 11.3 Å². The Bertz CT molecular complexity index is 630. The molecular formula is C17H19BrN2O2. The number of rotatable bonds is 6. The molecule has 0 aliphatic carbocycles. The molecule has 1 aromatic heterocycles. The lowest BCUT2D eigenvalue weighted by Crippen LogP contribution is -2.28. The second-order valence-electron chi connectivity index (χ2n) is 5.23. The van der Waals surface area contributed by atoms with Gasteiger partial charge in [0.05, 0.1) is 16.7 Å². The standard InChI is InChI=1S/C17H19BrN2O2/c1-12(2)13-6-7-16(15(18)9-13)22-11-17(21)20-10-14-5-3-4-8-19-14/h3-9,12H,10-11H2,1-2H3,(H,20,21). The van der Waals surface area contributed by atoms with Crippen molar-refractivity contribution in [3.63, 3.8) is 0 Å². The molecule has 5 heteroatoms. The maximum Gasteiger partial charge on any atom is 0.258 e. The lowest BCUT2D eigenvalue weighted by Gasteiger charge is -2.11. The molecule has 0 radical (unpaired) electrons. The predicted molar refractivity (Wildman–Crippen MR) is 89.8 cm³/mol. The summed E-state index contributed by atoms with van der Waals surface area (Å²) in [6, 6.07) is 11.5. The van der Waals surface area contributed by atoms with E-state index in [1.54, 1.807) is 6.20 Å². The van der Waals surface area contributed by atoms with E-state index in [0.29, 0.717) is 18.2 Å². The molecule has 0 aliphatic heterocycles. The molecule has 22 heavy (non-hydrogen) atoms. The molecule has 1 aromatic carbocycles. The van der Waals surface area contributed by atoms with Crippen molar-refractivity contribution in [3.05, 3.63) is 58.3 Å². The van der Waals surface area contributed by atoms with Crippen LogP contribution in [0.3, 0.4) is 0 Å². The maximum atomic E-state index is 11.8. The third-order valence-electron chi connectivity index (χ3n) is 3.17. The van der Waals surface area contributed by atoms with Crippen LogP contribution < -0.4 is 10.1 Å². The summed E-state index contributed by atoms with van der Waals surface area (Å²) >= 11 is 3.47. The van der Waals surface area contributed by atoms with Gasteiger partial charge in [-0.05, 0) is 51.7 Å². The molecule has 4 nitrogen and oxygen atoms in total. The molecular weight excluding hydrogens is 344 g/mol. The summed E-state index contributed by atoms with van der Waals surface area (Å²) in [4.78, 5) is 15.9. The van der Waals surface area contributed by atoms with E-state index in [0.717, 1.165) is 10.2 Å². The van der Waals surface area contributed by atoms with E-state index in [2.05, 4.69) is 40.1 Å². The van der Waals surface area contributed by atoms with Gasteiger partial charge in [-0.1, -0.05) is 26.0 Å². The fourth-order valence-corrected chi connectivity index (χ4v) is 2.39. The van der Waals surface area contributed by atoms with Crippen molar-refractivity contribution in [1.82, 2.24) is 10.3 Å². The zero-order chi connectivity index (χ0) is 15.9. The van der Waals surface area contributed by atoms with E-state index in [1.165, 1.54) is 5.56 Å². The van der Waals surface area contributed by atoms with E-state index >= 15 is 0 Å². The zero-order valence-corrected chi connectivity index (χ0v) is 14.3. The second-order valence-corrected chi connectivity index (χ2v) is 6.09. The summed E-state index contributed by atoms with van der Waals surface area (Å²) in [5.74, 6) is 0.940. The largest absolute Gasteiger partial charge is 0.483 e. The summed E-state index contributed by atoms with van der Waals surface area (Å²) in [7, 11) is 0. The molecule has 0 aliphatic rings. The van der Waals surface area contributed by atoms with Crippen LogP contribution in [0.25, 0.3) is 0 Å². The lowest BCUT2D eigenvalue weighted by molar-refractivity contribution is -0.123. The smallest absolute Gasteiger partial charge is 0.258 e. The van der Waals surface area contributed by atoms with E-state index in [1.807, 2.05) is 36.4 Å². The molecule has 116 valence electrons. The number of pyridine rings is 1. The van der Waals surface area contributed by atoms with Gasteiger partial charge in [0.1, 0.15) is 5.75 Å². The van der Waals surface area contributed by atoms with Gasteiger partial charge in [-0.2, -0.15) is 0 Å².